The molecule has 0 aromatic heterocycles. The van der Waals surface area contributed by atoms with E-state index < -0.39 is 10.0 Å². The molecule has 0 aromatic carbocycles. The lowest BCUT2D eigenvalue weighted by Crippen LogP contribution is -2.36. The van der Waals surface area contributed by atoms with Crippen LogP contribution in [0.1, 0.15) is 20.3 Å². The van der Waals surface area contributed by atoms with Gasteiger partial charge in [0.25, 0.3) is 0 Å². The van der Waals surface area contributed by atoms with E-state index in [4.69, 9.17) is 10.9 Å². The topological polar surface area (TPSA) is 111 Å². The minimum absolute atomic E-state index is 0.145. The Morgan fingerprint density at radius 3 is 2.53 bits per heavy atom. The fourth-order valence-electron chi connectivity index (χ4n) is 0.820. The monoisotopic (exact) mass is 236 g/mol. The molecular weight excluding hydrogens is 216 g/mol. The fourth-order valence-corrected chi connectivity index (χ4v) is 1.21. The van der Waals surface area contributed by atoms with E-state index in [1.165, 1.54) is 0 Å². The van der Waals surface area contributed by atoms with Crippen LogP contribution in [-0.2, 0) is 10.0 Å². The Morgan fingerprint density at radius 1 is 1.47 bits per heavy atom. The van der Waals surface area contributed by atoms with Crippen molar-refractivity contribution in [2.45, 2.75) is 20.3 Å². The van der Waals surface area contributed by atoms with Gasteiger partial charge in [0.1, 0.15) is 0 Å². The molecule has 5 N–H and O–H groups in total. The van der Waals surface area contributed by atoms with Crippen molar-refractivity contribution in [2.24, 2.45) is 21.8 Å². The Kier molecular flexibility index (Phi) is 6.26. The standard InChI is InChI=1S/C8H20N4O2S/c1-7(2)3-4-11-8(9)12-5-6-15(10,13)14/h7H,3-6H2,1-2H3,(H3,9,11,12)(H2,10,13,14). The molecule has 0 heterocycles. The van der Waals surface area contributed by atoms with Crippen LogP contribution in [-0.4, -0.2) is 33.2 Å². The number of nitrogens with one attached hydrogen (secondary N) is 1. The molecule has 0 unspecified atom stereocenters. The first-order valence-electron chi connectivity index (χ1n) is 4.85. The second kappa shape index (κ2) is 6.62. The number of nitrogens with zero attached hydrogens (tertiary/aromatic N) is 1. The van der Waals surface area contributed by atoms with Gasteiger partial charge in [-0.1, -0.05) is 13.8 Å². The molecule has 0 aliphatic rings. The molecule has 0 fully saturated rings. The minimum atomic E-state index is -3.43. The van der Waals surface area contributed by atoms with E-state index in [9.17, 15) is 8.42 Å². The number of sulfonamides is 1. The average Bonchev–Trinajstić information content (AvgIpc) is 2.00. The van der Waals surface area contributed by atoms with Crippen LogP contribution in [0, 0.1) is 5.92 Å². The van der Waals surface area contributed by atoms with Gasteiger partial charge in [0.05, 0.1) is 5.75 Å². The number of nitrogens with two attached hydrogens (primary N) is 2. The van der Waals surface area contributed by atoms with Crippen molar-refractivity contribution in [2.75, 3.05) is 18.8 Å². The summed E-state index contributed by atoms with van der Waals surface area (Å²) in [5.41, 5.74) is 5.49. The molecule has 0 atom stereocenters. The Hall–Kier alpha value is -0.820. The molecule has 0 saturated heterocycles. The summed E-state index contributed by atoms with van der Waals surface area (Å²) >= 11 is 0. The zero-order valence-electron chi connectivity index (χ0n) is 9.23. The van der Waals surface area contributed by atoms with Crippen molar-refractivity contribution in [3.63, 3.8) is 0 Å². The van der Waals surface area contributed by atoms with Crippen molar-refractivity contribution < 1.29 is 8.42 Å². The van der Waals surface area contributed by atoms with Crippen molar-refractivity contribution in [1.29, 1.82) is 0 Å². The smallest absolute Gasteiger partial charge is 0.210 e. The highest BCUT2D eigenvalue weighted by Gasteiger charge is 2.01. The summed E-state index contributed by atoms with van der Waals surface area (Å²) in [6.45, 7) is 5.03. The summed E-state index contributed by atoms with van der Waals surface area (Å²) in [4.78, 5) is 4.03. The molecule has 0 spiro atoms. The van der Waals surface area contributed by atoms with Gasteiger partial charge in [-0.15, -0.1) is 0 Å². The van der Waals surface area contributed by atoms with E-state index in [0.717, 1.165) is 6.42 Å². The van der Waals surface area contributed by atoms with Crippen LogP contribution in [0.15, 0.2) is 4.99 Å². The molecule has 0 radical (unpaired) electrons. The Bertz CT molecular complexity index is 298. The zero-order valence-corrected chi connectivity index (χ0v) is 10.0. The highest BCUT2D eigenvalue weighted by molar-refractivity contribution is 7.89. The van der Waals surface area contributed by atoms with Crippen LogP contribution in [0.5, 0.6) is 0 Å². The fraction of sp³-hybridized carbons (Fsp3) is 0.875. The largest absolute Gasteiger partial charge is 0.370 e. The van der Waals surface area contributed by atoms with Gasteiger partial charge in [-0.05, 0) is 12.3 Å². The van der Waals surface area contributed by atoms with Gasteiger partial charge in [-0.3, -0.25) is 4.99 Å². The van der Waals surface area contributed by atoms with Gasteiger partial charge in [0.15, 0.2) is 5.96 Å². The maximum absolute atomic E-state index is 10.6. The van der Waals surface area contributed by atoms with Gasteiger partial charge in [-0.25, -0.2) is 13.6 Å². The highest BCUT2D eigenvalue weighted by atomic mass is 32.2. The lowest BCUT2D eigenvalue weighted by Gasteiger charge is -2.05. The highest BCUT2D eigenvalue weighted by Crippen LogP contribution is 1.97. The molecule has 0 aliphatic heterocycles. The zero-order chi connectivity index (χ0) is 11.9. The van der Waals surface area contributed by atoms with Crippen molar-refractivity contribution in [1.82, 2.24) is 5.32 Å². The second-order valence-corrected chi connectivity index (χ2v) is 5.48. The Labute approximate surface area is 91.2 Å². The summed E-state index contributed by atoms with van der Waals surface area (Å²) < 4.78 is 21.1. The summed E-state index contributed by atoms with van der Waals surface area (Å²) in [6.07, 6.45) is 0.956. The average molecular weight is 236 g/mol. The summed E-state index contributed by atoms with van der Waals surface area (Å²) in [6, 6.07) is 0. The van der Waals surface area contributed by atoms with Crippen molar-refractivity contribution in [3.8, 4) is 0 Å². The van der Waals surface area contributed by atoms with Gasteiger partial charge >= 0.3 is 0 Å². The third-order valence-electron chi connectivity index (χ3n) is 1.68. The second-order valence-electron chi connectivity index (χ2n) is 3.74. The van der Waals surface area contributed by atoms with E-state index in [1.54, 1.807) is 0 Å². The SMILES string of the molecule is CC(C)CCN=C(N)NCCS(N)(=O)=O. The predicted octanol–water partition coefficient (Wildman–Crippen LogP) is -0.775. The molecule has 15 heavy (non-hydrogen) atoms. The lowest BCUT2D eigenvalue weighted by atomic mass is 10.1. The molecular formula is C8H20N4O2S. The number of hydrogen-bond acceptors (Lipinski definition) is 3. The van der Waals surface area contributed by atoms with E-state index in [2.05, 4.69) is 24.2 Å². The molecule has 0 aromatic rings. The first kappa shape index (κ1) is 14.2. The number of hydrogen-bond donors (Lipinski definition) is 3. The predicted molar refractivity (Wildman–Crippen MR) is 61.9 cm³/mol. The summed E-state index contributed by atoms with van der Waals surface area (Å²) in [5.74, 6) is 0.693. The van der Waals surface area contributed by atoms with E-state index >= 15 is 0 Å². The normalized spacial score (nSPS) is 13.2. The number of primary sulfonamides is 1. The maximum Gasteiger partial charge on any atom is 0.210 e. The maximum atomic E-state index is 10.6. The van der Waals surface area contributed by atoms with E-state index in [1.807, 2.05) is 0 Å². The molecule has 0 rings (SSSR count). The van der Waals surface area contributed by atoms with Gasteiger partial charge in [0.2, 0.25) is 10.0 Å². The molecule has 7 heteroatoms. The molecule has 0 bridgehead atoms. The molecule has 0 aliphatic carbocycles. The quantitative estimate of drug-likeness (QED) is 0.415. The number of rotatable bonds is 6. The van der Waals surface area contributed by atoms with Gasteiger partial charge in [-0.2, -0.15) is 0 Å². The van der Waals surface area contributed by atoms with E-state index in [-0.39, 0.29) is 18.3 Å². The Balaban J connectivity index is 3.69. The van der Waals surface area contributed by atoms with E-state index in [0.29, 0.717) is 12.5 Å². The van der Waals surface area contributed by atoms with Crippen molar-refractivity contribution >= 4 is 16.0 Å². The first-order chi connectivity index (χ1) is 6.81. The molecule has 0 amide bonds. The number of guanidine groups is 1. The van der Waals surface area contributed by atoms with Crippen LogP contribution < -0.4 is 16.2 Å². The van der Waals surface area contributed by atoms with Gasteiger partial charge < -0.3 is 11.1 Å². The first-order valence-corrected chi connectivity index (χ1v) is 6.57. The molecule has 0 saturated carbocycles. The van der Waals surface area contributed by atoms with Crippen molar-refractivity contribution in [3.05, 3.63) is 0 Å². The Morgan fingerprint density at radius 2 is 2.07 bits per heavy atom. The number of aliphatic imine (C=N–C) groups is 1. The third-order valence-corrected chi connectivity index (χ3v) is 2.45. The van der Waals surface area contributed by atoms with Crippen LogP contribution in [0.4, 0.5) is 0 Å². The van der Waals surface area contributed by atoms with Crippen LogP contribution in [0.3, 0.4) is 0 Å². The van der Waals surface area contributed by atoms with Gasteiger partial charge in [0, 0.05) is 13.1 Å². The minimum Gasteiger partial charge on any atom is -0.370 e. The summed E-state index contributed by atoms with van der Waals surface area (Å²) in [5, 5.41) is 7.49. The third kappa shape index (κ3) is 11.1. The molecule has 6 nitrogen and oxygen atoms in total. The summed E-state index contributed by atoms with van der Waals surface area (Å²) in [7, 11) is -3.43. The van der Waals surface area contributed by atoms with Crippen LogP contribution >= 0.6 is 0 Å². The molecule has 90 valence electrons. The van der Waals surface area contributed by atoms with Crippen LogP contribution in [0.2, 0.25) is 0 Å². The lowest BCUT2D eigenvalue weighted by molar-refractivity contribution is 0.594. The van der Waals surface area contributed by atoms with Crippen LogP contribution in [0.25, 0.3) is 0 Å².